The van der Waals surface area contributed by atoms with E-state index >= 15 is 0 Å². The molecule has 1 atom stereocenters. The summed E-state index contributed by atoms with van der Waals surface area (Å²) in [5, 5.41) is 5.74. The third-order valence-electron chi connectivity index (χ3n) is 3.85. The molecule has 1 unspecified atom stereocenters. The molecule has 1 aliphatic rings. The Morgan fingerprint density at radius 1 is 1.33 bits per heavy atom. The number of urea groups is 1. The van der Waals surface area contributed by atoms with Crippen molar-refractivity contribution in [3.8, 4) is 0 Å². The van der Waals surface area contributed by atoms with Crippen LogP contribution in [0, 0.1) is 13.8 Å². The minimum absolute atomic E-state index is 0.0273. The lowest BCUT2D eigenvalue weighted by Gasteiger charge is -2.27. The van der Waals surface area contributed by atoms with Gasteiger partial charge in [-0.1, -0.05) is 0 Å². The van der Waals surface area contributed by atoms with Gasteiger partial charge in [0.05, 0.1) is 29.5 Å². The van der Waals surface area contributed by atoms with Crippen molar-refractivity contribution in [3.63, 3.8) is 0 Å². The fourth-order valence-electron chi connectivity index (χ4n) is 2.77. The molecule has 2 rings (SSSR count). The lowest BCUT2D eigenvalue weighted by atomic mass is 9.95. The molecule has 1 aromatic heterocycles. The Kier molecular flexibility index (Phi) is 4.02. The van der Waals surface area contributed by atoms with Crippen LogP contribution in [0.2, 0.25) is 0 Å². The normalized spacial score (nSPS) is 23.0. The summed E-state index contributed by atoms with van der Waals surface area (Å²) >= 11 is 0. The van der Waals surface area contributed by atoms with Crippen LogP contribution in [0.25, 0.3) is 0 Å². The highest BCUT2D eigenvalue weighted by molar-refractivity contribution is 5.74. The van der Waals surface area contributed by atoms with Gasteiger partial charge in [-0.25, -0.2) is 9.78 Å². The predicted molar refractivity (Wildman–Crippen MR) is 79.0 cm³/mol. The van der Waals surface area contributed by atoms with E-state index in [1.165, 1.54) is 0 Å². The van der Waals surface area contributed by atoms with Crippen LogP contribution in [-0.2, 0) is 11.3 Å². The molecule has 21 heavy (non-hydrogen) atoms. The van der Waals surface area contributed by atoms with Crippen molar-refractivity contribution >= 4 is 6.03 Å². The smallest absolute Gasteiger partial charge is 0.315 e. The summed E-state index contributed by atoms with van der Waals surface area (Å²) in [5.74, 6) is 1.29. The van der Waals surface area contributed by atoms with Gasteiger partial charge in [0.2, 0.25) is 5.89 Å². The number of rotatable bonds is 3. The number of hydrogen-bond acceptors (Lipinski definition) is 4. The maximum atomic E-state index is 12.0. The summed E-state index contributed by atoms with van der Waals surface area (Å²) in [5.41, 5.74) is 0.245. The number of aryl methyl sites for hydroxylation is 2. The largest absolute Gasteiger partial charge is 0.444 e. The third-order valence-corrected chi connectivity index (χ3v) is 3.85. The van der Waals surface area contributed by atoms with Crippen LogP contribution in [-0.4, -0.2) is 28.3 Å². The second-order valence-corrected chi connectivity index (χ2v) is 6.80. The zero-order valence-corrected chi connectivity index (χ0v) is 13.7. The van der Waals surface area contributed by atoms with E-state index in [9.17, 15) is 4.79 Å². The van der Waals surface area contributed by atoms with E-state index in [0.717, 1.165) is 17.9 Å². The van der Waals surface area contributed by atoms with Gasteiger partial charge in [0.15, 0.2) is 0 Å². The average Bonchev–Trinajstić information content (AvgIpc) is 2.73. The molecule has 2 N–H and O–H groups in total. The quantitative estimate of drug-likeness (QED) is 0.898. The number of carbonyl (C=O) groups excluding carboxylic acids is 1. The first-order valence-electron chi connectivity index (χ1n) is 7.26. The molecule has 1 fully saturated rings. The summed E-state index contributed by atoms with van der Waals surface area (Å²) in [4.78, 5) is 16.2. The first-order chi connectivity index (χ1) is 9.59. The topological polar surface area (TPSA) is 76.4 Å². The number of aromatic nitrogens is 1. The van der Waals surface area contributed by atoms with Gasteiger partial charge in [0.1, 0.15) is 5.76 Å². The third kappa shape index (κ3) is 3.75. The molecule has 0 aliphatic carbocycles. The fraction of sp³-hybridized carbons (Fsp3) is 0.733. The Labute approximate surface area is 125 Å². The SMILES string of the molecule is Cc1nc(CNC(=O)NC2CC(C)(C)OC2(C)C)oc1C. The van der Waals surface area contributed by atoms with Gasteiger partial charge in [-0.15, -0.1) is 0 Å². The van der Waals surface area contributed by atoms with Crippen molar-refractivity contribution in [1.29, 1.82) is 0 Å². The molecular weight excluding hydrogens is 270 g/mol. The van der Waals surface area contributed by atoms with E-state index in [1.807, 2.05) is 41.5 Å². The summed E-state index contributed by atoms with van der Waals surface area (Å²) in [7, 11) is 0. The fourth-order valence-corrected chi connectivity index (χ4v) is 2.77. The Hall–Kier alpha value is -1.56. The number of amides is 2. The first-order valence-corrected chi connectivity index (χ1v) is 7.26. The lowest BCUT2D eigenvalue weighted by molar-refractivity contribution is -0.0690. The lowest BCUT2D eigenvalue weighted by Crippen LogP contribution is -2.49. The summed E-state index contributed by atoms with van der Waals surface area (Å²) in [6.07, 6.45) is 0.782. The van der Waals surface area contributed by atoms with Crippen LogP contribution >= 0.6 is 0 Å². The number of nitrogens with zero attached hydrogens (tertiary/aromatic N) is 1. The van der Waals surface area contributed by atoms with Crippen molar-refractivity contribution in [3.05, 3.63) is 17.3 Å². The molecule has 0 spiro atoms. The molecule has 0 saturated carbocycles. The Bertz CT molecular complexity index is 515. The molecule has 0 aromatic carbocycles. The van der Waals surface area contributed by atoms with Crippen LogP contribution < -0.4 is 10.6 Å². The van der Waals surface area contributed by atoms with Gasteiger partial charge in [-0.2, -0.15) is 0 Å². The maximum Gasteiger partial charge on any atom is 0.315 e. The molecule has 0 bridgehead atoms. The van der Waals surface area contributed by atoms with Gasteiger partial charge < -0.3 is 19.8 Å². The summed E-state index contributed by atoms with van der Waals surface area (Å²) < 4.78 is 11.4. The average molecular weight is 295 g/mol. The Balaban J connectivity index is 1.87. The molecule has 1 saturated heterocycles. The van der Waals surface area contributed by atoms with Crippen LogP contribution in [0.15, 0.2) is 4.42 Å². The minimum Gasteiger partial charge on any atom is -0.444 e. The van der Waals surface area contributed by atoms with E-state index < -0.39 is 0 Å². The zero-order valence-electron chi connectivity index (χ0n) is 13.7. The van der Waals surface area contributed by atoms with Gasteiger partial charge in [0.25, 0.3) is 0 Å². The Morgan fingerprint density at radius 2 is 2.00 bits per heavy atom. The van der Waals surface area contributed by atoms with Crippen molar-refractivity contribution < 1.29 is 13.9 Å². The van der Waals surface area contributed by atoms with Crippen LogP contribution in [0.4, 0.5) is 4.79 Å². The number of nitrogens with one attached hydrogen (secondary N) is 2. The number of hydrogen-bond donors (Lipinski definition) is 2. The number of carbonyl (C=O) groups is 1. The minimum atomic E-state index is -0.378. The van der Waals surface area contributed by atoms with Crippen LogP contribution in [0.1, 0.15) is 51.5 Å². The number of oxazole rings is 1. The molecule has 6 nitrogen and oxygen atoms in total. The van der Waals surface area contributed by atoms with Crippen LogP contribution in [0.3, 0.4) is 0 Å². The van der Waals surface area contributed by atoms with Gasteiger partial charge >= 0.3 is 6.03 Å². The van der Waals surface area contributed by atoms with Gasteiger partial charge in [-0.05, 0) is 48.0 Å². The van der Waals surface area contributed by atoms with Crippen molar-refractivity contribution in [1.82, 2.24) is 15.6 Å². The highest BCUT2D eigenvalue weighted by Crippen LogP contribution is 2.37. The monoisotopic (exact) mass is 295 g/mol. The van der Waals surface area contributed by atoms with E-state index in [2.05, 4.69) is 15.6 Å². The maximum absolute atomic E-state index is 12.0. The highest BCUT2D eigenvalue weighted by Gasteiger charge is 2.46. The van der Waals surface area contributed by atoms with Crippen molar-refractivity contribution in [2.24, 2.45) is 0 Å². The van der Waals surface area contributed by atoms with E-state index in [-0.39, 0.29) is 29.8 Å². The summed E-state index contributed by atoms with van der Waals surface area (Å²) in [6.45, 7) is 12.1. The second-order valence-electron chi connectivity index (χ2n) is 6.80. The predicted octanol–water partition coefficient (Wildman–Crippen LogP) is 2.44. The zero-order chi connectivity index (χ0) is 15.8. The van der Waals surface area contributed by atoms with Gasteiger partial charge in [-0.3, -0.25) is 0 Å². The molecule has 118 valence electrons. The standard InChI is InChI=1S/C15H25N3O3/c1-9-10(2)20-12(17-9)8-16-13(19)18-11-7-14(3,4)21-15(11,5)6/h11H,7-8H2,1-6H3,(H2,16,18,19). The molecule has 6 heteroatoms. The molecule has 1 aromatic rings. The molecule has 2 heterocycles. The molecule has 1 aliphatic heterocycles. The van der Waals surface area contributed by atoms with Crippen molar-refractivity contribution in [2.75, 3.05) is 0 Å². The summed E-state index contributed by atoms with van der Waals surface area (Å²) in [6, 6.07) is -0.261. The molecule has 2 amide bonds. The van der Waals surface area contributed by atoms with E-state index in [4.69, 9.17) is 9.15 Å². The van der Waals surface area contributed by atoms with E-state index in [0.29, 0.717) is 5.89 Å². The Morgan fingerprint density at radius 3 is 2.48 bits per heavy atom. The molecule has 0 radical (unpaired) electrons. The van der Waals surface area contributed by atoms with E-state index in [1.54, 1.807) is 0 Å². The van der Waals surface area contributed by atoms with Crippen molar-refractivity contribution in [2.45, 2.75) is 71.8 Å². The highest BCUT2D eigenvalue weighted by atomic mass is 16.5. The molecular formula is C15H25N3O3. The van der Waals surface area contributed by atoms with Gasteiger partial charge in [0, 0.05) is 0 Å². The second kappa shape index (κ2) is 5.33. The number of ether oxygens (including phenoxy) is 1. The van der Waals surface area contributed by atoms with Crippen LogP contribution in [0.5, 0.6) is 0 Å². The first kappa shape index (κ1) is 15.8.